The minimum atomic E-state index is -0.573. The molecule has 0 amide bonds. The van der Waals surface area contributed by atoms with Crippen molar-refractivity contribution in [1.29, 1.82) is 0 Å². The molecule has 19 heavy (non-hydrogen) atoms. The summed E-state index contributed by atoms with van der Waals surface area (Å²) in [4.78, 5) is 13.8. The van der Waals surface area contributed by atoms with Gasteiger partial charge in [0.15, 0.2) is 0 Å². The van der Waals surface area contributed by atoms with Crippen molar-refractivity contribution >= 4 is 5.97 Å². The van der Waals surface area contributed by atoms with Gasteiger partial charge in [-0.2, -0.15) is 0 Å². The van der Waals surface area contributed by atoms with Gasteiger partial charge in [0.1, 0.15) is 0 Å². The number of hydrogen-bond donors (Lipinski definition) is 1. The average molecular weight is 267 g/mol. The van der Waals surface area contributed by atoms with E-state index in [1.54, 1.807) is 6.07 Å². The number of nitrogens with zero attached hydrogens (tertiary/aromatic N) is 1. The summed E-state index contributed by atoms with van der Waals surface area (Å²) < 4.78 is 9.87. The molecule has 2 rings (SSSR count). The van der Waals surface area contributed by atoms with Crippen LogP contribution in [-0.4, -0.2) is 41.8 Å². The third kappa shape index (κ3) is 3.58. The van der Waals surface area contributed by atoms with Crippen LogP contribution in [0.2, 0.25) is 0 Å². The molecule has 1 atom stereocenters. The molecular weight excluding hydrogens is 246 g/mol. The van der Waals surface area contributed by atoms with Crippen LogP contribution in [0.5, 0.6) is 0 Å². The van der Waals surface area contributed by atoms with E-state index in [0.717, 1.165) is 37.9 Å². The predicted molar refractivity (Wildman–Crippen MR) is 69.8 cm³/mol. The third-order valence-electron chi connectivity index (χ3n) is 3.67. The van der Waals surface area contributed by atoms with Crippen LogP contribution in [0, 0.1) is 0 Å². The molecule has 1 aromatic rings. The van der Waals surface area contributed by atoms with Gasteiger partial charge in [-0.05, 0) is 38.8 Å². The fourth-order valence-corrected chi connectivity index (χ4v) is 2.45. The van der Waals surface area contributed by atoms with E-state index in [1.807, 2.05) is 6.92 Å². The number of furan rings is 1. The van der Waals surface area contributed by atoms with Gasteiger partial charge in [0, 0.05) is 18.7 Å². The number of hydrogen-bond acceptors (Lipinski definition) is 5. The Labute approximate surface area is 113 Å². The van der Waals surface area contributed by atoms with Crippen LogP contribution in [0.25, 0.3) is 0 Å². The van der Waals surface area contributed by atoms with Crippen molar-refractivity contribution in [3.8, 4) is 0 Å². The third-order valence-corrected chi connectivity index (χ3v) is 3.67. The first kappa shape index (κ1) is 14.1. The van der Waals surface area contributed by atoms with Gasteiger partial charge >= 0.3 is 5.97 Å². The molecule has 1 aliphatic rings. The molecule has 1 saturated heterocycles. The van der Waals surface area contributed by atoms with E-state index in [9.17, 15) is 9.90 Å². The van der Waals surface area contributed by atoms with Crippen molar-refractivity contribution in [3.63, 3.8) is 0 Å². The Bertz CT molecular complexity index is 438. The highest BCUT2D eigenvalue weighted by Gasteiger charge is 2.26. The standard InChI is InChI=1S/C14H21NO4/c1-14(17)5-3-7-15(8-6-14)10-11-4-9-19-12(11)13(16)18-2/h4,9,17H,3,5-8,10H2,1-2H3. The van der Waals surface area contributed by atoms with Gasteiger partial charge in [-0.15, -0.1) is 0 Å². The Morgan fingerprint density at radius 1 is 1.53 bits per heavy atom. The predicted octanol–water partition coefficient (Wildman–Crippen LogP) is 1.80. The molecule has 0 bridgehead atoms. The van der Waals surface area contributed by atoms with E-state index in [2.05, 4.69) is 4.90 Å². The molecule has 1 unspecified atom stereocenters. The van der Waals surface area contributed by atoms with Crippen molar-refractivity contribution in [1.82, 2.24) is 4.90 Å². The largest absolute Gasteiger partial charge is 0.463 e. The molecule has 2 heterocycles. The summed E-state index contributed by atoms with van der Waals surface area (Å²) in [5.41, 5.74) is 0.268. The summed E-state index contributed by atoms with van der Waals surface area (Å²) in [6.45, 7) is 4.27. The summed E-state index contributed by atoms with van der Waals surface area (Å²) in [5.74, 6) is -0.166. The molecule has 106 valence electrons. The first-order chi connectivity index (χ1) is 9.02. The van der Waals surface area contributed by atoms with Gasteiger partial charge in [-0.1, -0.05) is 0 Å². The van der Waals surface area contributed by atoms with E-state index in [1.165, 1.54) is 13.4 Å². The second-order valence-electron chi connectivity index (χ2n) is 5.39. The molecule has 5 heteroatoms. The lowest BCUT2D eigenvalue weighted by Crippen LogP contribution is -2.28. The Kier molecular flexibility index (Phi) is 4.27. The maximum Gasteiger partial charge on any atom is 0.374 e. The molecule has 1 aliphatic heterocycles. The minimum absolute atomic E-state index is 0.276. The topological polar surface area (TPSA) is 62.9 Å². The molecule has 0 radical (unpaired) electrons. The van der Waals surface area contributed by atoms with Gasteiger partial charge in [-0.25, -0.2) is 4.79 Å². The highest BCUT2D eigenvalue weighted by molar-refractivity contribution is 5.87. The molecule has 5 nitrogen and oxygen atoms in total. The fraction of sp³-hybridized carbons (Fsp3) is 0.643. The zero-order chi connectivity index (χ0) is 13.9. The van der Waals surface area contributed by atoms with Crippen molar-refractivity contribution in [2.24, 2.45) is 0 Å². The molecule has 1 aromatic heterocycles. The quantitative estimate of drug-likeness (QED) is 0.846. The molecule has 1 fully saturated rings. The molecule has 0 aromatic carbocycles. The Morgan fingerprint density at radius 3 is 3.05 bits per heavy atom. The Hall–Kier alpha value is -1.33. The summed E-state index contributed by atoms with van der Waals surface area (Å²) >= 11 is 0. The molecule has 0 spiro atoms. The lowest BCUT2D eigenvalue weighted by Gasteiger charge is -2.22. The maximum atomic E-state index is 11.5. The van der Waals surface area contributed by atoms with Crippen molar-refractivity contribution in [2.45, 2.75) is 38.3 Å². The van der Waals surface area contributed by atoms with Crippen LogP contribution in [0.4, 0.5) is 0 Å². The molecule has 1 N–H and O–H groups in total. The van der Waals surface area contributed by atoms with E-state index in [0.29, 0.717) is 6.54 Å². The summed E-state index contributed by atoms with van der Waals surface area (Å²) in [6, 6.07) is 1.80. The molecule has 0 saturated carbocycles. The number of ether oxygens (including phenoxy) is 1. The number of rotatable bonds is 3. The Balaban J connectivity index is 2.01. The molecule has 0 aliphatic carbocycles. The first-order valence-electron chi connectivity index (χ1n) is 6.61. The fourth-order valence-electron chi connectivity index (χ4n) is 2.45. The SMILES string of the molecule is COC(=O)c1occc1CN1CCCC(C)(O)CC1. The van der Waals surface area contributed by atoms with Crippen LogP contribution in [-0.2, 0) is 11.3 Å². The molecular formula is C14H21NO4. The number of likely N-dealkylation sites (tertiary alicyclic amines) is 1. The number of carbonyl (C=O) groups excluding carboxylic acids is 1. The summed E-state index contributed by atoms with van der Waals surface area (Å²) in [6.07, 6.45) is 4.03. The van der Waals surface area contributed by atoms with E-state index < -0.39 is 11.6 Å². The zero-order valence-corrected chi connectivity index (χ0v) is 11.5. The lowest BCUT2D eigenvalue weighted by molar-refractivity contribution is 0.0442. The van der Waals surface area contributed by atoms with Crippen molar-refractivity contribution in [2.75, 3.05) is 20.2 Å². The Morgan fingerprint density at radius 2 is 2.32 bits per heavy atom. The van der Waals surface area contributed by atoms with Crippen LogP contribution in [0.3, 0.4) is 0 Å². The lowest BCUT2D eigenvalue weighted by atomic mass is 9.98. The number of carbonyl (C=O) groups is 1. The first-order valence-corrected chi connectivity index (χ1v) is 6.61. The smallest absolute Gasteiger partial charge is 0.374 e. The highest BCUT2D eigenvalue weighted by atomic mass is 16.5. The van der Waals surface area contributed by atoms with Gasteiger partial charge in [-0.3, -0.25) is 4.90 Å². The van der Waals surface area contributed by atoms with E-state index in [-0.39, 0.29) is 5.76 Å². The van der Waals surface area contributed by atoms with Crippen LogP contribution < -0.4 is 0 Å². The van der Waals surface area contributed by atoms with Crippen molar-refractivity contribution < 1.29 is 19.1 Å². The zero-order valence-electron chi connectivity index (χ0n) is 11.5. The monoisotopic (exact) mass is 267 g/mol. The number of esters is 1. The van der Waals surface area contributed by atoms with Gasteiger partial charge < -0.3 is 14.3 Å². The highest BCUT2D eigenvalue weighted by Crippen LogP contribution is 2.23. The van der Waals surface area contributed by atoms with Crippen LogP contribution >= 0.6 is 0 Å². The average Bonchev–Trinajstić information content (AvgIpc) is 2.75. The van der Waals surface area contributed by atoms with Crippen LogP contribution in [0.1, 0.15) is 42.3 Å². The van der Waals surface area contributed by atoms with Gasteiger partial charge in [0.05, 0.1) is 19.0 Å². The number of methoxy groups -OCH3 is 1. The maximum absolute atomic E-state index is 11.5. The van der Waals surface area contributed by atoms with E-state index in [4.69, 9.17) is 9.15 Å². The summed E-state index contributed by atoms with van der Waals surface area (Å²) in [5, 5.41) is 10.1. The van der Waals surface area contributed by atoms with Crippen LogP contribution in [0.15, 0.2) is 16.7 Å². The second kappa shape index (κ2) is 5.75. The summed E-state index contributed by atoms with van der Waals surface area (Å²) in [7, 11) is 1.35. The van der Waals surface area contributed by atoms with Gasteiger partial charge in [0.25, 0.3) is 0 Å². The normalized spacial score (nSPS) is 25.0. The second-order valence-corrected chi connectivity index (χ2v) is 5.39. The minimum Gasteiger partial charge on any atom is -0.463 e. The van der Waals surface area contributed by atoms with Gasteiger partial charge in [0.2, 0.25) is 5.76 Å². The number of aliphatic hydroxyl groups is 1. The van der Waals surface area contributed by atoms with E-state index >= 15 is 0 Å². The van der Waals surface area contributed by atoms with Crippen molar-refractivity contribution in [3.05, 3.63) is 23.7 Å².